The maximum absolute atomic E-state index is 14.8. The normalized spacial score (nSPS) is 15.8. The first-order valence-corrected chi connectivity index (χ1v) is 24.6. The quantitative estimate of drug-likeness (QED) is 0.0339. The maximum Gasteiger partial charge on any atom is 0.305 e. The Morgan fingerprint density at radius 2 is 1.52 bits per heavy atom. The zero-order valence-corrected chi connectivity index (χ0v) is 42.0. The summed E-state index contributed by atoms with van der Waals surface area (Å²) in [7, 11) is 0. The maximum atomic E-state index is 14.8. The van der Waals surface area contributed by atoms with Crippen molar-refractivity contribution in [1.82, 2.24) is 14.8 Å². The van der Waals surface area contributed by atoms with Gasteiger partial charge in [0.2, 0.25) is 11.8 Å². The van der Waals surface area contributed by atoms with Crippen LogP contribution >= 0.6 is 0 Å². The van der Waals surface area contributed by atoms with Crippen LogP contribution in [-0.4, -0.2) is 103 Å². The second-order valence-corrected chi connectivity index (χ2v) is 20.1. The van der Waals surface area contributed by atoms with Crippen molar-refractivity contribution in [2.24, 2.45) is 0 Å². The molecule has 1 unspecified atom stereocenters. The number of aliphatic carboxylic acids is 1. The minimum absolute atomic E-state index is 0.0345. The van der Waals surface area contributed by atoms with Crippen molar-refractivity contribution >= 4 is 46.9 Å². The molecule has 386 valence electrons. The third-order valence-electron chi connectivity index (χ3n) is 13.1. The number of rotatable bonds is 23. The van der Waals surface area contributed by atoms with Gasteiger partial charge in [-0.15, -0.1) is 0 Å². The molecule has 1 aromatic heterocycles. The molecule has 1 saturated heterocycles. The van der Waals surface area contributed by atoms with Gasteiger partial charge in [0.15, 0.2) is 0 Å². The summed E-state index contributed by atoms with van der Waals surface area (Å²) in [6.07, 6.45) is -1.64. The summed E-state index contributed by atoms with van der Waals surface area (Å²) < 4.78 is 29.1. The fraction of sp³-hybridized carbons (Fsp3) is 0.393. The predicted molar refractivity (Wildman–Crippen MR) is 273 cm³/mol. The Morgan fingerprint density at radius 1 is 0.822 bits per heavy atom. The molecule has 5 aromatic rings. The van der Waals surface area contributed by atoms with Crippen molar-refractivity contribution in [2.45, 2.75) is 128 Å². The number of carboxylic acids is 1. The highest BCUT2D eigenvalue weighted by Gasteiger charge is 2.45. The minimum atomic E-state index is -1.24. The molecule has 0 bridgehead atoms. The number of carboxylic acid groups (broad SMARTS) is 1. The third kappa shape index (κ3) is 12.9. The lowest BCUT2D eigenvalue weighted by Gasteiger charge is -2.30. The average molecular weight is 1000 g/mol. The molecule has 0 spiro atoms. The van der Waals surface area contributed by atoms with Gasteiger partial charge in [-0.2, -0.15) is 0 Å². The molecule has 6 N–H and O–H groups in total. The van der Waals surface area contributed by atoms with E-state index in [2.05, 4.69) is 16.0 Å². The summed E-state index contributed by atoms with van der Waals surface area (Å²) in [6, 6.07) is 26.3. The number of benzene rings is 4. The van der Waals surface area contributed by atoms with Crippen LogP contribution in [0.4, 0.5) is 15.8 Å². The number of carbonyl (C=O) groups is 6. The van der Waals surface area contributed by atoms with Crippen molar-refractivity contribution in [3.8, 4) is 28.1 Å². The van der Waals surface area contributed by atoms with Crippen LogP contribution in [0.1, 0.15) is 129 Å². The summed E-state index contributed by atoms with van der Waals surface area (Å²) >= 11 is 0. The molecule has 0 aliphatic carbocycles. The Balaban J connectivity index is 0.998. The van der Waals surface area contributed by atoms with Crippen LogP contribution in [0.2, 0.25) is 0 Å². The fourth-order valence-electron chi connectivity index (χ4n) is 9.46. The van der Waals surface area contributed by atoms with Crippen LogP contribution in [0.15, 0.2) is 97.1 Å². The first-order valence-electron chi connectivity index (χ1n) is 24.6. The van der Waals surface area contributed by atoms with Gasteiger partial charge in [-0.3, -0.25) is 39.0 Å². The van der Waals surface area contributed by atoms with Crippen LogP contribution in [0, 0.1) is 5.82 Å². The molecule has 2 aliphatic heterocycles. The second-order valence-electron chi connectivity index (χ2n) is 20.1. The van der Waals surface area contributed by atoms with Gasteiger partial charge in [0.25, 0.3) is 17.7 Å². The molecule has 7 rings (SSSR count). The number of anilines is 2. The van der Waals surface area contributed by atoms with E-state index < -0.39 is 77.2 Å². The lowest BCUT2D eigenvalue weighted by atomic mass is 9.94. The molecule has 16 nitrogen and oxygen atoms in total. The summed E-state index contributed by atoms with van der Waals surface area (Å²) in [6.45, 7) is 12.7. The number of aliphatic hydroxyl groups is 2. The van der Waals surface area contributed by atoms with Gasteiger partial charge in [0.1, 0.15) is 23.2 Å². The number of hydrogen-bond acceptors (Lipinski definition) is 11. The predicted octanol–water partition coefficient (Wildman–Crippen LogP) is 8.56. The first-order chi connectivity index (χ1) is 34.6. The van der Waals surface area contributed by atoms with Gasteiger partial charge in [0, 0.05) is 48.6 Å². The van der Waals surface area contributed by atoms with E-state index in [4.69, 9.17) is 14.6 Å². The SMILES string of the molecule is CC(C)c1c(C(=O)Nc2ccc(OC(C)(C)CCOC(C)(C)CCNc3cccc4c3C(=O)N(C3CCC(=O)NC3=O)C4=O)cc2)c(-c2ccccc2)c(-c2ccc(F)cc2)n1CC[C@@H](O)C[C@@H](O)CC(=O)O. The highest BCUT2D eigenvalue weighted by Crippen LogP contribution is 2.43. The van der Waals surface area contributed by atoms with E-state index in [1.54, 1.807) is 54.6 Å². The Labute approximate surface area is 423 Å². The van der Waals surface area contributed by atoms with Gasteiger partial charge >= 0.3 is 5.97 Å². The van der Waals surface area contributed by atoms with Crippen molar-refractivity contribution in [1.29, 1.82) is 0 Å². The molecule has 4 aromatic carbocycles. The number of aromatic nitrogens is 1. The highest BCUT2D eigenvalue weighted by molar-refractivity contribution is 6.25. The molecule has 1 fully saturated rings. The van der Waals surface area contributed by atoms with Crippen molar-refractivity contribution in [3.05, 3.63) is 125 Å². The number of ether oxygens (including phenoxy) is 2. The van der Waals surface area contributed by atoms with E-state index in [-0.39, 0.29) is 49.3 Å². The Hall–Kier alpha value is -7.21. The van der Waals surface area contributed by atoms with E-state index in [0.717, 1.165) is 10.5 Å². The van der Waals surface area contributed by atoms with Gasteiger partial charge in [-0.1, -0.05) is 50.2 Å². The number of piperidine rings is 1. The van der Waals surface area contributed by atoms with E-state index in [9.17, 15) is 43.4 Å². The van der Waals surface area contributed by atoms with Crippen molar-refractivity contribution in [3.63, 3.8) is 0 Å². The zero-order valence-electron chi connectivity index (χ0n) is 42.0. The molecular formula is C56H64FN5O11. The monoisotopic (exact) mass is 1000 g/mol. The van der Waals surface area contributed by atoms with E-state index in [1.807, 2.05) is 76.4 Å². The van der Waals surface area contributed by atoms with Crippen LogP contribution in [0.5, 0.6) is 5.75 Å². The molecule has 5 amide bonds. The van der Waals surface area contributed by atoms with E-state index >= 15 is 0 Å². The number of carbonyl (C=O) groups excluding carboxylic acids is 5. The molecule has 73 heavy (non-hydrogen) atoms. The number of nitrogens with one attached hydrogen (secondary N) is 3. The van der Waals surface area contributed by atoms with Crippen LogP contribution in [-0.2, 0) is 25.7 Å². The van der Waals surface area contributed by atoms with E-state index in [1.165, 1.54) is 12.1 Å². The number of fused-ring (bicyclic) bond motifs is 1. The standard InChI is InChI=1S/C56H64FN5O11/c1-33(2)49-48(46(34-11-8-7-9-12-34)50(35-15-17-36(57)18-16-35)61(49)29-25-38(63)31-39(64)32-45(66)67)52(69)59-37-19-21-40(22-20-37)73-56(5,6)27-30-72-55(3,4)26-28-58-42-14-10-13-41-47(42)54(71)62(53(41)70)43-23-24-44(65)60-51(43)68/h7-22,33,38-39,43,58,63-64H,23-32H2,1-6H3,(H,59,69)(H,66,67)(H,60,65,68)/t38-,39-,43?/m1/s1. The van der Waals surface area contributed by atoms with Gasteiger partial charge in [-0.05, 0) is 131 Å². The third-order valence-corrected chi connectivity index (χ3v) is 13.1. The summed E-state index contributed by atoms with van der Waals surface area (Å²) in [5, 5.41) is 39.0. The van der Waals surface area contributed by atoms with Crippen molar-refractivity contribution < 1.29 is 58.0 Å². The Kier molecular flexibility index (Phi) is 16.7. The average Bonchev–Trinajstić information content (AvgIpc) is 3.80. The molecule has 0 saturated carbocycles. The lowest BCUT2D eigenvalue weighted by molar-refractivity contribution is -0.140. The molecular weight excluding hydrogens is 938 g/mol. The fourth-order valence-corrected chi connectivity index (χ4v) is 9.46. The highest BCUT2D eigenvalue weighted by atomic mass is 19.1. The van der Waals surface area contributed by atoms with Crippen LogP contribution in [0.3, 0.4) is 0 Å². The number of halogens is 1. The number of amides is 5. The first kappa shape index (κ1) is 53.6. The smallest absolute Gasteiger partial charge is 0.305 e. The summed E-state index contributed by atoms with van der Waals surface area (Å²) in [5.74, 6) is -3.91. The second kappa shape index (κ2) is 22.7. The molecule has 3 heterocycles. The number of aliphatic hydroxyl groups excluding tert-OH is 2. The summed E-state index contributed by atoms with van der Waals surface area (Å²) in [5.41, 5.74) is 3.81. The summed E-state index contributed by atoms with van der Waals surface area (Å²) in [4.78, 5) is 78.0. The molecule has 0 radical (unpaired) electrons. The zero-order chi connectivity index (χ0) is 52.8. The van der Waals surface area contributed by atoms with Crippen LogP contribution < -0.4 is 20.7 Å². The van der Waals surface area contributed by atoms with Gasteiger partial charge in [-0.25, -0.2) is 4.39 Å². The number of hydrogen-bond donors (Lipinski definition) is 6. The number of nitrogens with zero attached hydrogens (tertiary/aromatic N) is 2. The molecule has 3 atom stereocenters. The van der Waals surface area contributed by atoms with E-state index in [0.29, 0.717) is 71.2 Å². The van der Waals surface area contributed by atoms with Gasteiger partial charge in [0.05, 0.1) is 53.2 Å². The van der Waals surface area contributed by atoms with Gasteiger partial charge < -0.3 is 40.0 Å². The Bertz CT molecular complexity index is 2840. The molecule has 2 aliphatic rings. The van der Waals surface area contributed by atoms with Crippen molar-refractivity contribution in [2.75, 3.05) is 23.8 Å². The Morgan fingerprint density at radius 3 is 2.18 bits per heavy atom. The lowest BCUT2D eigenvalue weighted by Crippen LogP contribution is -2.54. The minimum Gasteiger partial charge on any atom is -0.488 e. The van der Waals surface area contributed by atoms with Crippen LogP contribution in [0.25, 0.3) is 22.4 Å². The number of imide groups is 2. The largest absolute Gasteiger partial charge is 0.488 e. The topological polar surface area (TPSA) is 226 Å². The molecule has 17 heteroatoms.